The maximum atomic E-state index is 12.1. The number of amides is 1. The van der Waals surface area contributed by atoms with Crippen molar-refractivity contribution in [3.63, 3.8) is 0 Å². The first kappa shape index (κ1) is 14.5. The van der Waals surface area contributed by atoms with Crippen molar-refractivity contribution in [2.24, 2.45) is 7.05 Å². The second-order valence-electron chi connectivity index (χ2n) is 4.78. The van der Waals surface area contributed by atoms with E-state index in [9.17, 15) is 9.90 Å². The number of nitrogens with one attached hydrogen (secondary N) is 1. The minimum absolute atomic E-state index is 0.0313. The van der Waals surface area contributed by atoms with E-state index in [0.29, 0.717) is 10.6 Å². The Morgan fingerprint density at radius 1 is 1.50 bits per heavy atom. The highest BCUT2D eigenvalue weighted by atomic mass is 32.1. The first-order valence-corrected chi connectivity index (χ1v) is 7.42. The predicted molar refractivity (Wildman–Crippen MR) is 79.4 cm³/mol. The van der Waals surface area contributed by atoms with Gasteiger partial charge < -0.3 is 14.8 Å². The van der Waals surface area contributed by atoms with Crippen molar-refractivity contribution in [1.29, 1.82) is 0 Å². The lowest BCUT2D eigenvalue weighted by atomic mass is 9.98. The number of carbonyl (C=O) groups is 1. The quantitative estimate of drug-likeness (QED) is 0.736. The zero-order chi connectivity index (χ0) is 15.6. The van der Waals surface area contributed by atoms with Crippen LogP contribution in [0.1, 0.15) is 21.1 Å². The lowest BCUT2D eigenvalue weighted by Crippen LogP contribution is -2.41. The van der Waals surface area contributed by atoms with E-state index in [1.165, 1.54) is 28.5 Å². The van der Waals surface area contributed by atoms with Crippen LogP contribution in [0.5, 0.6) is 0 Å². The molecule has 0 aliphatic rings. The van der Waals surface area contributed by atoms with Crippen LogP contribution >= 0.6 is 11.3 Å². The fourth-order valence-corrected chi connectivity index (χ4v) is 2.90. The first-order chi connectivity index (χ1) is 10.6. The average Bonchev–Trinajstić information content (AvgIpc) is 3.24. The average molecular weight is 318 g/mol. The number of aliphatic hydroxyl groups is 1. The number of hydrogen-bond acceptors (Lipinski definition) is 6. The highest BCUT2D eigenvalue weighted by Gasteiger charge is 2.36. The number of aryl methyl sites for hydroxylation is 1. The van der Waals surface area contributed by atoms with Crippen molar-refractivity contribution in [3.8, 4) is 0 Å². The van der Waals surface area contributed by atoms with Crippen LogP contribution in [0.4, 0.5) is 0 Å². The Bertz CT molecular complexity index is 715. The predicted octanol–water partition coefficient (Wildman–Crippen LogP) is 1.14. The molecule has 0 radical (unpaired) electrons. The lowest BCUT2D eigenvalue weighted by molar-refractivity contribution is 0.0553. The molecule has 3 heterocycles. The van der Waals surface area contributed by atoms with Gasteiger partial charge in [-0.2, -0.15) is 0 Å². The van der Waals surface area contributed by atoms with Gasteiger partial charge >= 0.3 is 0 Å². The number of hydrogen-bond donors (Lipinski definition) is 2. The minimum atomic E-state index is -1.42. The Balaban J connectivity index is 1.81. The number of thiophene rings is 1. The molecule has 0 saturated heterocycles. The summed E-state index contributed by atoms with van der Waals surface area (Å²) in [6.45, 7) is -0.0313. The second kappa shape index (κ2) is 5.74. The van der Waals surface area contributed by atoms with Crippen LogP contribution in [0.2, 0.25) is 0 Å². The summed E-state index contributed by atoms with van der Waals surface area (Å²) < 4.78 is 6.78. The summed E-state index contributed by atoms with van der Waals surface area (Å²) in [7, 11) is 1.68. The molecule has 114 valence electrons. The number of furan rings is 1. The largest absolute Gasteiger partial charge is 0.466 e. The highest BCUT2D eigenvalue weighted by Crippen LogP contribution is 2.32. The van der Waals surface area contributed by atoms with Crippen LogP contribution < -0.4 is 5.32 Å². The van der Waals surface area contributed by atoms with Gasteiger partial charge in [0.05, 0.1) is 19.0 Å². The van der Waals surface area contributed by atoms with E-state index >= 15 is 0 Å². The van der Waals surface area contributed by atoms with Gasteiger partial charge in [-0.05, 0) is 23.6 Å². The van der Waals surface area contributed by atoms with Crippen LogP contribution in [-0.4, -0.2) is 32.6 Å². The SMILES string of the molecule is Cn1cc(C(=O)NC[C@@](O)(c2ccco2)c2cccs2)nn1. The van der Waals surface area contributed by atoms with E-state index in [1.54, 1.807) is 25.2 Å². The monoisotopic (exact) mass is 318 g/mol. The van der Waals surface area contributed by atoms with E-state index in [-0.39, 0.29) is 12.2 Å². The van der Waals surface area contributed by atoms with Crippen molar-refractivity contribution in [2.75, 3.05) is 6.54 Å². The van der Waals surface area contributed by atoms with E-state index in [4.69, 9.17) is 4.42 Å². The molecule has 0 aromatic carbocycles. The zero-order valence-corrected chi connectivity index (χ0v) is 12.6. The Labute approximate surface area is 130 Å². The third-order valence-corrected chi connectivity index (χ3v) is 4.22. The van der Waals surface area contributed by atoms with Crippen molar-refractivity contribution in [1.82, 2.24) is 20.3 Å². The van der Waals surface area contributed by atoms with Crippen LogP contribution in [0.25, 0.3) is 0 Å². The molecule has 0 aliphatic heterocycles. The molecule has 0 bridgehead atoms. The van der Waals surface area contributed by atoms with Gasteiger partial charge in [0.2, 0.25) is 0 Å². The summed E-state index contributed by atoms with van der Waals surface area (Å²) in [5, 5.41) is 23.0. The van der Waals surface area contributed by atoms with Gasteiger partial charge in [0, 0.05) is 11.9 Å². The van der Waals surface area contributed by atoms with Crippen molar-refractivity contribution in [2.45, 2.75) is 5.60 Å². The van der Waals surface area contributed by atoms with E-state index in [1.807, 2.05) is 11.4 Å². The molecular weight excluding hydrogens is 304 g/mol. The molecule has 3 rings (SSSR count). The Hall–Kier alpha value is -2.45. The van der Waals surface area contributed by atoms with Gasteiger partial charge in [-0.25, -0.2) is 0 Å². The number of carbonyl (C=O) groups excluding carboxylic acids is 1. The third-order valence-electron chi connectivity index (χ3n) is 3.20. The molecule has 0 spiro atoms. The number of nitrogens with zero attached hydrogens (tertiary/aromatic N) is 3. The Morgan fingerprint density at radius 3 is 2.95 bits per heavy atom. The molecule has 0 saturated carbocycles. The summed E-state index contributed by atoms with van der Waals surface area (Å²) in [6, 6.07) is 6.99. The van der Waals surface area contributed by atoms with Gasteiger partial charge in [0.1, 0.15) is 5.76 Å². The molecular formula is C14H14N4O3S. The van der Waals surface area contributed by atoms with Gasteiger partial charge in [-0.1, -0.05) is 11.3 Å². The summed E-state index contributed by atoms with van der Waals surface area (Å²) in [6.07, 6.45) is 2.99. The normalized spacial score (nSPS) is 13.7. The van der Waals surface area contributed by atoms with Crippen molar-refractivity contribution in [3.05, 3.63) is 58.4 Å². The molecule has 22 heavy (non-hydrogen) atoms. The van der Waals surface area contributed by atoms with E-state index in [2.05, 4.69) is 15.6 Å². The van der Waals surface area contributed by atoms with Gasteiger partial charge in [0.15, 0.2) is 11.3 Å². The van der Waals surface area contributed by atoms with Crippen LogP contribution in [-0.2, 0) is 12.6 Å². The molecule has 1 atom stereocenters. The zero-order valence-electron chi connectivity index (χ0n) is 11.8. The summed E-state index contributed by atoms with van der Waals surface area (Å²) >= 11 is 1.39. The highest BCUT2D eigenvalue weighted by molar-refractivity contribution is 7.10. The maximum absolute atomic E-state index is 12.1. The smallest absolute Gasteiger partial charge is 0.273 e. The molecule has 7 nitrogen and oxygen atoms in total. The Morgan fingerprint density at radius 2 is 2.36 bits per heavy atom. The summed E-state index contributed by atoms with van der Waals surface area (Å²) in [5.41, 5.74) is -1.23. The van der Waals surface area contributed by atoms with E-state index < -0.39 is 11.5 Å². The maximum Gasteiger partial charge on any atom is 0.273 e. The minimum Gasteiger partial charge on any atom is -0.466 e. The molecule has 8 heteroatoms. The summed E-state index contributed by atoms with van der Waals surface area (Å²) in [4.78, 5) is 12.8. The molecule has 1 amide bonds. The molecule has 3 aromatic heterocycles. The van der Waals surface area contributed by atoms with Gasteiger partial charge in [-0.3, -0.25) is 9.48 Å². The van der Waals surface area contributed by atoms with Gasteiger partial charge in [-0.15, -0.1) is 16.4 Å². The standard InChI is InChI=1S/C14H14N4O3S/c1-18-8-10(16-17-18)13(19)15-9-14(20,11-4-2-6-21-11)12-5-3-7-22-12/h2-8,20H,9H2,1H3,(H,15,19)/t14-/m1/s1. The number of rotatable bonds is 5. The first-order valence-electron chi connectivity index (χ1n) is 6.54. The van der Waals surface area contributed by atoms with Crippen LogP contribution in [0, 0.1) is 0 Å². The van der Waals surface area contributed by atoms with Crippen molar-refractivity contribution < 1.29 is 14.3 Å². The van der Waals surface area contributed by atoms with Crippen LogP contribution in [0.3, 0.4) is 0 Å². The topological polar surface area (TPSA) is 93.2 Å². The molecule has 0 aliphatic carbocycles. The molecule has 0 unspecified atom stereocenters. The lowest BCUT2D eigenvalue weighted by Gasteiger charge is -2.25. The van der Waals surface area contributed by atoms with Gasteiger partial charge in [0.25, 0.3) is 5.91 Å². The molecule has 2 N–H and O–H groups in total. The molecule has 0 fully saturated rings. The third kappa shape index (κ3) is 2.66. The fourth-order valence-electron chi connectivity index (χ4n) is 2.07. The fraction of sp³-hybridized carbons (Fsp3) is 0.214. The molecule has 3 aromatic rings. The van der Waals surface area contributed by atoms with Crippen molar-refractivity contribution >= 4 is 17.2 Å². The second-order valence-corrected chi connectivity index (χ2v) is 5.72. The summed E-state index contributed by atoms with van der Waals surface area (Å²) in [5.74, 6) is -0.0379. The number of aromatic nitrogens is 3. The Kier molecular flexibility index (Phi) is 3.78. The van der Waals surface area contributed by atoms with E-state index in [0.717, 1.165) is 0 Å². The van der Waals surface area contributed by atoms with Crippen LogP contribution in [0.15, 0.2) is 46.5 Å².